The van der Waals surface area contributed by atoms with E-state index in [0.29, 0.717) is 36.3 Å². The normalized spacial score (nSPS) is 21.0. The van der Waals surface area contributed by atoms with E-state index in [1.54, 1.807) is 6.07 Å². The summed E-state index contributed by atoms with van der Waals surface area (Å²) in [5, 5.41) is 8.21. The first kappa shape index (κ1) is 19.1. The fourth-order valence-electron chi connectivity index (χ4n) is 3.79. The van der Waals surface area contributed by atoms with Crippen molar-refractivity contribution in [1.29, 1.82) is 0 Å². The van der Waals surface area contributed by atoms with Crippen LogP contribution in [0.25, 0.3) is 10.8 Å². The molecule has 1 N–H and O–H groups in total. The van der Waals surface area contributed by atoms with E-state index in [0.717, 1.165) is 28.6 Å². The monoisotopic (exact) mass is 389 g/mol. The number of aromatic nitrogens is 2. The number of carbonyl (C=O) groups excluding carboxylic acids is 2. The molecule has 29 heavy (non-hydrogen) atoms. The van der Waals surface area contributed by atoms with E-state index in [2.05, 4.69) is 16.3 Å². The molecule has 2 unspecified atom stereocenters. The van der Waals surface area contributed by atoms with E-state index in [1.807, 2.05) is 44.2 Å². The molecule has 4 rings (SSSR count). The number of nitrogens with one attached hydrogen (secondary N) is 1. The number of H-pyrrole nitrogens is 1. The number of nitrogens with zero attached hydrogens (tertiary/aromatic N) is 2. The van der Waals surface area contributed by atoms with Gasteiger partial charge < -0.3 is 0 Å². The van der Waals surface area contributed by atoms with E-state index in [1.165, 1.54) is 4.90 Å². The summed E-state index contributed by atoms with van der Waals surface area (Å²) in [5.74, 6) is 0.113. The average Bonchev–Trinajstić information content (AvgIpc) is 3.48. The van der Waals surface area contributed by atoms with E-state index < -0.39 is 0 Å². The maximum atomic E-state index is 12.7. The van der Waals surface area contributed by atoms with Crippen LogP contribution in [-0.4, -0.2) is 27.4 Å². The van der Waals surface area contributed by atoms with E-state index >= 15 is 0 Å². The van der Waals surface area contributed by atoms with Crippen molar-refractivity contribution in [2.24, 2.45) is 11.8 Å². The third-order valence-electron chi connectivity index (χ3n) is 5.71. The highest BCUT2D eigenvalue weighted by molar-refractivity contribution is 5.93. The van der Waals surface area contributed by atoms with Gasteiger partial charge in [0.15, 0.2) is 0 Å². The minimum atomic E-state index is -0.218. The Morgan fingerprint density at radius 1 is 1.28 bits per heavy atom. The molecule has 0 bridgehead atoms. The molecule has 2 aliphatic carbocycles. The van der Waals surface area contributed by atoms with Gasteiger partial charge in [0.1, 0.15) is 0 Å². The van der Waals surface area contributed by atoms with Gasteiger partial charge in [-0.2, -0.15) is 5.10 Å². The average molecular weight is 389 g/mol. The van der Waals surface area contributed by atoms with Gasteiger partial charge in [-0.25, -0.2) is 5.10 Å². The second-order valence-electron chi connectivity index (χ2n) is 7.79. The van der Waals surface area contributed by atoms with Crippen LogP contribution in [0, 0.1) is 11.8 Å². The highest BCUT2D eigenvalue weighted by Crippen LogP contribution is 2.40. The first-order chi connectivity index (χ1) is 14.0. The Morgan fingerprint density at radius 2 is 2.00 bits per heavy atom. The predicted molar refractivity (Wildman–Crippen MR) is 111 cm³/mol. The second kappa shape index (κ2) is 7.62. The summed E-state index contributed by atoms with van der Waals surface area (Å²) in [6.45, 7) is 3.93. The summed E-state index contributed by atoms with van der Waals surface area (Å²) in [6, 6.07) is 7.36. The summed E-state index contributed by atoms with van der Waals surface area (Å²) in [7, 11) is 0. The Labute approximate surface area is 168 Å². The topological polar surface area (TPSA) is 83.1 Å². The van der Waals surface area contributed by atoms with E-state index in [-0.39, 0.29) is 17.4 Å². The van der Waals surface area contributed by atoms with Crippen LogP contribution in [0.1, 0.15) is 32.4 Å². The maximum absolute atomic E-state index is 12.7. The third-order valence-corrected chi connectivity index (χ3v) is 5.71. The standard InChI is InChI=1S/C23H23N3O3/c1-14-6-5-7-16(12-21(14)26(13-27)23(29)19-10-15(19)2)11-20-17-8-3-4-9-18(17)22(28)25-24-20/h3-4,6-9,12-13,15,19H,5,10-11H2,1-2H3,(H,25,28). The van der Waals surface area contributed by atoms with Crippen molar-refractivity contribution in [3.8, 4) is 0 Å². The Hall–Kier alpha value is -3.28. The van der Waals surface area contributed by atoms with E-state index in [9.17, 15) is 14.4 Å². The zero-order valence-electron chi connectivity index (χ0n) is 16.5. The van der Waals surface area contributed by atoms with Gasteiger partial charge in [-0.1, -0.05) is 37.3 Å². The van der Waals surface area contributed by atoms with Crippen LogP contribution >= 0.6 is 0 Å². The van der Waals surface area contributed by atoms with Crippen molar-refractivity contribution in [1.82, 2.24) is 15.1 Å². The molecule has 0 spiro atoms. The molecule has 1 aromatic heterocycles. The SMILES string of the molecule is CC1=CCC=C(Cc2n[nH]c(=O)c3ccccc23)C=C1N(C=O)C(=O)C1CC1C. The molecular weight excluding hydrogens is 366 g/mol. The molecule has 0 saturated heterocycles. The Kier molecular flexibility index (Phi) is 5.01. The number of aromatic amines is 1. The van der Waals surface area contributed by atoms with Crippen molar-refractivity contribution in [2.75, 3.05) is 0 Å². The number of carbonyl (C=O) groups is 2. The number of rotatable bonds is 5. The van der Waals surface area contributed by atoms with Gasteiger partial charge in [0.2, 0.25) is 12.3 Å². The summed E-state index contributed by atoms with van der Waals surface area (Å²) < 4.78 is 0. The Balaban J connectivity index is 1.69. The lowest BCUT2D eigenvalue weighted by Crippen LogP contribution is -2.31. The van der Waals surface area contributed by atoms with Crippen molar-refractivity contribution >= 4 is 23.1 Å². The number of imide groups is 1. The molecule has 6 heteroatoms. The molecule has 2 amide bonds. The largest absolute Gasteiger partial charge is 0.278 e. The smallest absolute Gasteiger partial charge is 0.272 e. The van der Waals surface area contributed by atoms with Gasteiger partial charge in [0.05, 0.1) is 16.8 Å². The first-order valence-electron chi connectivity index (χ1n) is 9.82. The Bertz CT molecular complexity index is 1140. The lowest BCUT2D eigenvalue weighted by atomic mass is 10.0. The third kappa shape index (κ3) is 3.70. The van der Waals surface area contributed by atoms with E-state index in [4.69, 9.17) is 0 Å². The van der Waals surface area contributed by atoms with Crippen molar-refractivity contribution < 1.29 is 9.59 Å². The first-order valence-corrected chi connectivity index (χ1v) is 9.82. The van der Waals surface area contributed by atoms with Gasteiger partial charge in [-0.05, 0) is 49.0 Å². The predicted octanol–water partition coefficient (Wildman–Crippen LogP) is 3.27. The van der Waals surface area contributed by atoms with Crippen molar-refractivity contribution in [3.05, 3.63) is 75.4 Å². The van der Waals surface area contributed by atoms with Gasteiger partial charge in [0.25, 0.3) is 5.56 Å². The lowest BCUT2D eigenvalue weighted by Gasteiger charge is -2.20. The van der Waals surface area contributed by atoms with Crippen LogP contribution in [0.2, 0.25) is 0 Å². The fourth-order valence-corrected chi connectivity index (χ4v) is 3.79. The van der Waals surface area contributed by atoms with Crippen LogP contribution in [0.15, 0.2) is 64.1 Å². The number of hydrogen-bond acceptors (Lipinski definition) is 4. The summed E-state index contributed by atoms with van der Waals surface area (Å²) in [6.07, 6.45) is 8.59. The van der Waals surface area contributed by atoms with Crippen LogP contribution in [0.5, 0.6) is 0 Å². The lowest BCUT2D eigenvalue weighted by molar-refractivity contribution is -0.136. The fraction of sp³-hybridized carbons (Fsp3) is 0.304. The highest BCUT2D eigenvalue weighted by Gasteiger charge is 2.42. The second-order valence-corrected chi connectivity index (χ2v) is 7.79. The zero-order valence-corrected chi connectivity index (χ0v) is 16.5. The van der Waals surface area contributed by atoms with Gasteiger partial charge in [-0.3, -0.25) is 19.3 Å². The molecule has 1 saturated carbocycles. The number of allylic oxidation sites excluding steroid dienone is 5. The molecule has 0 radical (unpaired) electrons. The number of benzene rings is 1. The van der Waals surface area contributed by atoms with Gasteiger partial charge >= 0.3 is 0 Å². The minimum Gasteiger partial charge on any atom is -0.278 e. The highest BCUT2D eigenvalue weighted by atomic mass is 16.2. The Morgan fingerprint density at radius 3 is 2.69 bits per heavy atom. The number of fused-ring (bicyclic) bond motifs is 1. The summed E-state index contributed by atoms with van der Waals surface area (Å²) >= 11 is 0. The molecule has 2 aromatic rings. The van der Waals surface area contributed by atoms with Gasteiger partial charge in [0, 0.05) is 17.7 Å². The molecule has 2 atom stereocenters. The quantitative estimate of drug-likeness (QED) is 0.796. The molecule has 1 heterocycles. The minimum absolute atomic E-state index is 0.0746. The zero-order chi connectivity index (χ0) is 20.5. The molecule has 1 fully saturated rings. The molecule has 2 aliphatic rings. The molecule has 0 aliphatic heterocycles. The summed E-state index contributed by atoms with van der Waals surface area (Å²) in [5.41, 5.74) is 2.98. The number of hydrogen-bond donors (Lipinski definition) is 1. The molecule has 6 nitrogen and oxygen atoms in total. The van der Waals surface area contributed by atoms with Gasteiger partial charge in [-0.15, -0.1) is 0 Å². The maximum Gasteiger partial charge on any atom is 0.272 e. The van der Waals surface area contributed by atoms with Crippen LogP contribution < -0.4 is 5.56 Å². The molecule has 1 aromatic carbocycles. The van der Waals surface area contributed by atoms with Crippen LogP contribution in [0.4, 0.5) is 0 Å². The summed E-state index contributed by atoms with van der Waals surface area (Å²) in [4.78, 5) is 37.8. The van der Waals surface area contributed by atoms with Crippen molar-refractivity contribution in [2.45, 2.75) is 33.1 Å². The number of amides is 2. The van der Waals surface area contributed by atoms with Crippen LogP contribution in [0.3, 0.4) is 0 Å². The van der Waals surface area contributed by atoms with Crippen LogP contribution in [-0.2, 0) is 16.0 Å². The molecule has 148 valence electrons. The van der Waals surface area contributed by atoms with Crippen molar-refractivity contribution in [3.63, 3.8) is 0 Å². The molecular formula is C23H23N3O3.